The van der Waals surface area contributed by atoms with E-state index in [-0.39, 0.29) is 12.5 Å². The number of carbonyl (C=O) groups excluding carboxylic acids is 1. The predicted octanol–water partition coefficient (Wildman–Crippen LogP) is 1.92. The molecule has 0 spiro atoms. The van der Waals surface area contributed by atoms with Crippen LogP contribution < -0.4 is 14.3 Å². The molecule has 0 saturated carbocycles. The lowest BCUT2D eigenvalue weighted by Gasteiger charge is -2.32. The summed E-state index contributed by atoms with van der Waals surface area (Å²) in [4.78, 5) is 12.9. The number of hydrogen-bond donors (Lipinski definition) is 2. The minimum absolute atomic E-state index is 0.0838. The van der Waals surface area contributed by atoms with E-state index in [0.717, 1.165) is 55.3 Å². The molecule has 1 aliphatic heterocycles. The number of nitrogens with zero attached hydrogens (tertiary/aromatic N) is 3. The maximum Gasteiger partial charge on any atom is 0.334 e. The van der Waals surface area contributed by atoms with Gasteiger partial charge in [-0.15, -0.1) is 0 Å². The lowest BCUT2D eigenvalue weighted by Crippen LogP contribution is -2.49. The van der Waals surface area contributed by atoms with E-state index < -0.39 is 16.2 Å². The zero-order valence-electron chi connectivity index (χ0n) is 17.6. The van der Waals surface area contributed by atoms with Gasteiger partial charge in [0.05, 0.1) is 25.1 Å². The van der Waals surface area contributed by atoms with Gasteiger partial charge in [0.2, 0.25) is 0 Å². The first-order valence-electron chi connectivity index (χ1n) is 10.7. The quantitative estimate of drug-likeness (QED) is 0.707. The molecule has 0 bridgehead atoms. The fraction of sp³-hybridized carbons (Fsp3) is 0.524. The third-order valence-electron chi connectivity index (χ3n) is 6.33. The number of rotatable bonds is 6. The van der Waals surface area contributed by atoms with Crippen molar-refractivity contribution in [1.29, 1.82) is 0 Å². The van der Waals surface area contributed by atoms with Gasteiger partial charge >= 0.3 is 16.2 Å². The highest BCUT2D eigenvalue weighted by Crippen LogP contribution is 2.38. The number of ether oxygens (including phenoxy) is 1. The smallest absolute Gasteiger partial charge is 0.334 e. The molecule has 1 saturated heterocycles. The molecular weight excluding hydrogens is 418 g/mol. The van der Waals surface area contributed by atoms with Crippen molar-refractivity contribution in [2.24, 2.45) is 13.0 Å². The van der Waals surface area contributed by atoms with Gasteiger partial charge in [0, 0.05) is 31.4 Å². The average Bonchev–Trinajstić information content (AvgIpc) is 3.40. The summed E-state index contributed by atoms with van der Waals surface area (Å²) in [5.41, 5.74) is 6.10. The summed E-state index contributed by atoms with van der Waals surface area (Å²) in [6.45, 7) is 1.23. The van der Waals surface area contributed by atoms with Crippen LogP contribution in [-0.4, -0.2) is 44.0 Å². The minimum atomic E-state index is -4.12. The lowest BCUT2D eigenvalue weighted by atomic mass is 9.99. The third-order valence-corrected chi connectivity index (χ3v) is 7.72. The number of hydrogen-bond acceptors (Lipinski definition) is 5. The summed E-state index contributed by atoms with van der Waals surface area (Å²) in [6.07, 6.45) is 9.06. The van der Waals surface area contributed by atoms with E-state index in [1.807, 2.05) is 0 Å². The normalized spacial score (nSPS) is 17.7. The van der Waals surface area contributed by atoms with E-state index in [0.29, 0.717) is 18.9 Å². The first-order valence-corrected chi connectivity index (χ1v) is 12.2. The van der Waals surface area contributed by atoms with Crippen LogP contribution in [0.4, 0.5) is 16.2 Å². The number of urea groups is 1. The van der Waals surface area contributed by atoms with Crippen LogP contribution in [0.25, 0.3) is 0 Å². The third kappa shape index (κ3) is 3.89. The molecule has 3 aliphatic rings. The number of carbonyl (C=O) groups is 1. The van der Waals surface area contributed by atoms with Gasteiger partial charge in [0.25, 0.3) is 0 Å². The Morgan fingerprint density at radius 1 is 1.19 bits per heavy atom. The number of anilines is 2. The topological polar surface area (TPSA) is 106 Å². The van der Waals surface area contributed by atoms with E-state index in [1.54, 1.807) is 13.2 Å². The van der Waals surface area contributed by atoms with Gasteiger partial charge in [-0.1, -0.05) is 6.07 Å². The van der Waals surface area contributed by atoms with Crippen LogP contribution in [0.5, 0.6) is 0 Å². The van der Waals surface area contributed by atoms with Gasteiger partial charge in [-0.25, -0.2) is 13.8 Å². The van der Waals surface area contributed by atoms with Crippen molar-refractivity contribution < 1.29 is 17.9 Å². The molecule has 2 N–H and O–H groups in total. The Morgan fingerprint density at radius 3 is 2.42 bits per heavy atom. The lowest BCUT2D eigenvalue weighted by molar-refractivity contribution is -0.0262. The number of aryl methyl sites for hydroxylation is 3. The second-order valence-corrected chi connectivity index (χ2v) is 10.2. The molecule has 0 atom stereocenters. The van der Waals surface area contributed by atoms with E-state index in [2.05, 4.69) is 21.2 Å². The zero-order valence-corrected chi connectivity index (χ0v) is 18.4. The SMILES string of the molecule is Cn1cc(N(CC2COC2)S(=O)(=O)NC(=O)Nc2c3c(cc4c2CCC4)CCC3)cn1. The van der Waals surface area contributed by atoms with Crippen molar-refractivity contribution in [1.82, 2.24) is 14.5 Å². The Kier molecular flexibility index (Phi) is 5.13. The van der Waals surface area contributed by atoms with Crippen LogP contribution in [0.15, 0.2) is 18.5 Å². The van der Waals surface area contributed by atoms with Gasteiger partial charge in [-0.3, -0.25) is 4.68 Å². The van der Waals surface area contributed by atoms with Crippen molar-refractivity contribution in [3.8, 4) is 0 Å². The minimum Gasteiger partial charge on any atom is -0.381 e. The highest BCUT2D eigenvalue weighted by molar-refractivity contribution is 7.91. The standard InChI is InChI=1S/C21H27N5O4S/c1-25-11-17(9-22-25)26(10-14-12-30-13-14)31(28,29)24-21(27)23-20-18-6-2-4-15(18)8-16-5-3-7-19(16)20/h8-9,11,14H,2-7,10,12-13H2,1H3,(H2,23,24,27). The van der Waals surface area contributed by atoms with Gasteiger partial charge in [0.15, 0.2) is 0 Å². The second-order valence-electron chi connectivity index (χ2n) is 8.60. The number of benzene rings is 1. The predicted molar refractivity (Wildman–Crippen MR) is 116 cm³/mol. The summed E-state index contributed by atoms with van der Waals surface area (Å²) in [5, 5.41) is 6.97. The van der Waals surface area contributed by atoms with Gasteiger partial charge in [-0.2, -0.15) is 13.5 Å². The second kappa shape index (κ2) is 7.83. The van der Waals surface area contributed by atoms with Crippen LogP contribution in [0, 0.1) is 5.92 Å². The molecule has 166 valence electrons. The Balaban J connectivity index is 1.38. The molecule has 0 radical (unpaired) electrons. The number of amides is 2. The van der Waals surface area contributed by atoms with Crippen molar-refractivity contribution in [2.75, 3.05) is 29.4 Å². The monoisotopic (exact) mass is 445 g/mol. The van der Waals surface area contributed by atoms with E-state index in [1.165, 1.54) is 26.3 Å². The molecule has 0 unspecified atom stereocenters. The molecule has 1 aromatic heterocycles. The van der Waals surface area contributed by atoms with Crippen molar-refractivity contribution in [2.45, 2.75) is 38.5 Å². The molecule has 2 amide bonds. The van der Waals surface area contributed by atoms with Crippen molar-refractivity contribution in [3.05, 3.63) is 40.7 Å². The molecule has 2 heterocycles. The van der Waals surface area contributed by atoms with Crippen LogP contribution in [-0.2, 0) is 47.7 Å². The summed E-state index contributed by atoms with van der Waals surface area (Å²) >= 11 is 0. The molecule has 1 aromatic carbocycles. The molecule has 9 nitrogen and oxygen atoms in total. The summed E-state index contributed by atoms with van der Waals surface area (Å²) < 4.78 is 36.5. The van der Waals surface area contributed by atoms with Gasteiger partial charge < -0.3 is 10.1 Å². The molecule has 2 aliphatic carbocycles. The molecule has 10 heteroatoms. The first-order chi connectivity index (χ1) is 14.9. The largest absolute Gasteiger partial charge is 0.381 e. The molecule has 1 fully saturated rings. The average molecular weight is 446 g/mol. The summed E-state index contributed by atoms with van der Waals surface area (Å²) in [6, 6.07) is 1.54. The first kappa shape index (κ1) is 20.3. The van der Waals surface area contributed by atoms with E-state index in [9.17, 15) is 13.2 Å². The van der Waals surface area contributed by atoms with Crippen LogP contribution in [0.2, 0.25) is 0 Å². The zero-order chi connectivity index (χ0) is 21.6. The Labute approximate surface area is 181 Å². The van der Waals surface area contributed by atoms with Crippen LogP contribution in [0.1, 0.15) is 35.1 Å². The van der Waals surface area contributed by atoms with Crippen molar-refractivity contribution >= 4 is 27.6 Å². The van der Waals surface area contributed by atoms with Gasteiger partial charge in [-0.05, 0) is 60.8 Å². The maximum absolute atomic E-state index is 13.2. The molecule has 31 heavy (non-hydrogen) atoms. The highest BCUT2D eigenvalue weighted by atomic mass is 32.2. The highest BCUT2D eigenvalue weighted by Gasteiger charge is 2.32. The van der Waals surface area contributed by atoms with Crippen LogP contribution in [0.3, 0.4) is 0 Å². The fourth-order valence-corrected chi connectivity index (χ4v) is 5.96. The number of nitrogens with one attached hydrogen (secondary N) is 2. The molecule has 5 rings (SSSR count). The van der Waals surface area contributed by atoms with E-state index in [4.69, 9.17) is 4.74 Å². The molecule has 2 aromatic rings. The van der Waals surface area contributed by atoms with Crippen LogP contribution >= 0.6 is 0 Å². The Bertz CT molecular complexity index is 1090. The summed E-state index contributed by atoms with van der Waals surface area (Å²) in [5.74, 6) is 0.0838. The Morgan fingerprint density at radius 2 is 1.87 bits per heavy atom. The maximum atomic E-state index is 13.2. The van der Waals surface area contributed by atoms with Crippen molar-refractivity contribution in [3.63, 3.8) is 0 Å². The molecular formula is C21H27N5O4S. The Hall–Kier alpha value is -2.59. The number of aromatic nitrogens is 2. The number of fused-ring (bicyclic) bond motifs is 2. The van der Waals surface area contributed by atoms with E-state index >= 15 is 0 Å². The fourth-order valence-electron chi connectivity index (χ4n) is 4.78. The van der Waals surface area contributed by atoms with Gasteiger partial charge in [0.1, 0.15) is 0 Å². The summed E-state index contributed by atoms with van der Waals surface area (Å²) in [7, 11) is -2.40.